The van der Waals surface area contributed by atoms with Crippen molar-refractivity contribution in [1.82, 2.24) is 0 Å². The maximum absolute atomic E-state index is 9.33. The van der Waals surface area contributed by atoms with Crippen molar-refractivity contribution in [3.05, 3.63) is 29.1 Å². The number of ether oxygens (including phenoxy) is 1. The Bertz CT molecular complexity index is 460. The van der Waals surface area contributed by atoms with Crippen molar-refractivity contribution in [2.45, 2.75) is 26.6 Å². The van der Waals surface area contributed by atoms with Gasteiger partial charge in [0.2, 0.25) is 0 Å². The average Bonchev–Trinajstić information content (AvgIpc) is 2.56. The van der Waals surface area contributed by atoms with Gasteiger partial charge in [-0.2, -0.15) is 0 Å². The fourth-order valence-corrected chi connectivity index (χ4v) is 2.37. The Morgan fingerprint density at radius 3 is 2.87 bits per heavy atom. The van der Waals surface area contributed by atoms with Gasteiger partial charge in [0.15, 0.2) is 0 Å². The summed E-state index contributed by atoms with van der Waals surface area (Å²) in [6.07, 6.45) is 0.253. The third-order valence-corrected chi connectivity index (χ3v) is 3.20. The Morgan fingerprint density at radius 2 is 2.13 bits per heavy atom. The highest BCUT2D eigenvalue weighted by Gasteiger charge is 2.03. The van der Waals surface area contributed by atoms with Gasteiger partial charge < -0.3 is 9.84 Å². The van der Waals surface area contributed by atoms with Crippen LogP contribution in [0.1, 0.15) is 18.7 Å². The number of thiophene rings is 1. The highest BCUT2D eigenvalue weighted by atomic mass is 32.1. The number of fused-ring (bicyclic) bond motifs is 1. The SMILES string of the molecule is CC(C)OCc1cc2cc(O)ccc2s1. The summed E-state index contributed by atoms with van der Waals surface area (Å²) in [5, 5.41) is 10.4. The summed E-state index contributed by atoms with van der Waals surface area (Å²) < 4.78 is 6.73. The van der Waals surface area contributed by atoms with Gasteiger partial charge in [-0.25, -0.2) is 0 Å². The maximum atomic E-state index is 9.33. The molecule has 1 N–H and O–H groups in total. The molecule has 0 aliphatic heterocycles. The van der Waals surface area contributed by atoms with Crippen molar-refractivity contribution >= 4 is 21.4 Å². The van der Waals surface area contributed by atoms with E-state index in [1.165, 1.54) is 9.58 Å². The van der Waals surface area contributed by atoms with E-state index in [1.807, 2.05) is 19.9 Å². The Hall–Kier alpha value is -1.06. The molecule has 0 unspecified atom stereocenters. The van der Waals surface area contributed by atoms with Crippen LogP contribution in [0, 0.1) is 0 Å². The Labute approximate surface area is 93.1 Å². The predicted octanol–water partition coefficient (Wildman–Crippen LogP) is 3.53. The summed E-state index contributed by atoms with van der Waals surface area (Å²) in [4.78, 5) is 1.20. The lowest BCUT2D eigenvalue weighted by Gasteiger charge is -2.04. The van der Waals surface area contributed by atoms with Crippen molar-refractivity contribution in [2.24, 2.45) is 0 Å². The third kappa shape index (κ3) is 2.49. The normalized spacial score (nSPS) is 11.4. The molecule has 0 saturated carbocycles. The first-order valence-corrected chi connectivity index (χ1v) is 5.80. The lowest BCUT2D eigenvalue weighted by Crippen LogP contribution is -2.00. The molecule has 2 rings (SSSR count). The molecular formula is C12H14O2S. The van der Waals surface area contributed by atoms with E-state index in [4.69, 9.17) is 4.74 Å². The highest BCUT2D eigenvalue weighted by Crippen LogP contribution is 2.28. The van der Waals surface area contributed by atoms with Crippen molar-refractivity contribution in [1.29, 1.82) is 0 Å². The molecule has 1 heterocycles. The van der Waals surface area contributed by atoms with Gasteiger partial charge in [0.25, 0.3) is 0 Å². The summed E-state index contributed by atoms with van der Waals surface area (Å²) in [6.45, 7) is 4.70. The van der Waals surface area contributed by atoms with Gasteiger partial charge in [-0.3, -0.25) is 0 Å². The molecule has 0 aliphatic rings. The van der Waals surface area contributed by atoms with Crippen LogP contribution in [-0.2, 0) is 11.3 Å². The molecule has 0 spiro atoms. The van der Waals surface area contributed by atoms with E-state index in [-0.39, 0.29) is 6.10 Å². The molecule has 2 nitrogen and oxygen atoms in total. The second-order valence-electron chi connectivity index (χ2n) is 3.79. The van der Waals surface area contributed by atoms with Gasteiger partial charge in [-0.05, 0) is 43.5 Å². The van der Waals surface area contributed by atoms with Crippen LogP contribution in [0.5, 0.6) is 5.75 Å². The minimum Gasteiger partial charge on any atom is -0.508 e. The fourth-order valence-electron chi connectivity index (χ4n) is 1.41. The van der Waals surface area contributed by atoms with Crippen LogP contribution in [-0.4, -0.2) is 11.2 Å². The molecule has 0 fully saturated rings. The van der Waals surface area contributed by atoms with E-state index in [9.17, 15) is 5.11 Å². The van der Waals surface area contributed by atoms with Crippen molar-refractivity contribution in [2.75, 3.05) is 0 Å². The third-order valence-electron chi connectivity index (χ3n) is 2.11. The molecule has 2 aromatic rings. The highest BCUT2D eigenvalue weighted by molar-refractivity contribution is 7.19. The summed E-state index contributed by atoms with van der Waals surface area (Å²) >= 11 is 1.71. The smallest absolute Gasteiger partial charge is 0.116 e. The molecule has 3 heteroatoms. The predicted molar refractivity (Wildman–Crippen MR) is 63.4 cm³/mol. The second kappa shape index (κ2) is 4.21. The van der Waals surface area contributed by atoms with E-state index >= 15 is 0 Å². The minimum atomic E-state index is 0.253. The zero-order chi connectivity index (χ0) is 10.8. The van der Waals surface area contributed by atoms with Crippen molar-refractivity contribution < 1.29 is 9.84 Å². The van der Waals surface area contributed by atoms with Crippen LogP contribution in [0.15, 0.2) is 24.3 Å². The zero-order valence-electron chi connectivity index (χ0n) is 8.86. The van der Waals surface area contributed by atoms with Crippen molar-refractivity contribution in [3.63, 3.8) is 0 Å². The second-order valence-corrected chi connectivity index (χ2v) is 4.96. The molecule has 15 heavy (non-hydrogen) atoms. The Balaban J connectivity index is 2.23. The van der Waals surface area contributed by atoms with Crippen molar-refractivity contribution in [3.8, 4) is 5.75 Å². The minimum absolute atomic E-state index is 0.253. The summed E-state index contributed by atoms with van der Waals surface area (Å²) in [5.41, 5.74) is 0. The van der Waals surface area contributed by atoms with Gasteiger partial charge in [-0.15, -0.1) is 11.3 Å². The van der Waals surface area contributed by atoms with Gasteiger partial charge >= 0.3 is 0 Å². The first-order valence-electron chi connectivity index (χ1n) is 4.98. The molecule has 0 radical (unpaired) electrons. The Morgan fingerprint density at radius 1 is 1.33 bits per heavy atom. The van der Waals surface area contributed by atoms with Gasteiger partial charge in [0.05, 0.1) is 12.7 Å². The standard InChI is InChI=1S/C12H14O2S/c1-8(2)14-7-11-6-9-5-10(13)3-4-12(9)15-11/h3-6,8,13H,7H2,1-2H3. The first-order chi connectivity index (χ1) is 7.15. The number of phenols is 1. The van der Waals surface area contributed by atoms with E-state index in [1.54, 1.807) is 23.5 Å². The van der Waals surface area contributed by atoms with Gasteiger partial charge in [-0.1, -0.05) is 0 Å². The summed E-state index contributed by atoms with van der Waals surface area (Å²) in [7, 11) is 0. The van der Waals surface area contributed by atoms with Gasteiger partial charge in [0, 0.05) is 9.58 Å². The number of aromatic hydroxyl groups is 1. The van der Waals surface area contributed by atoms with Crippen LogP contribution in [0.25, 0.3) is 10.1 Å². The summed E-state index contributed by atoms with van der Waals surface area (Å²) in [6, 6.07) is 7.51. The topological polar surface area (TPSA) is 29.5 Å². The average molecular weight is 222 g/mol. The molecule has 0 aliphatic carbocycles. The number of phenolic OH excluding ortho intramolecular Hbond substituents is 1. The Kier molecular flexibility index (Phi) is 2.93. The lowest BCUT2D eigenvalue weighted by atomic mass is 10.2. The fraction of sp³-hybridized carbons (Fsp3) is 0.333. The van der Waals surface area contributed by atoms with Crippen LogP contribution in [0.4, 0.5) is 0 Å². The van der Waals surface area contributed by atoms with Crippen LogP contribution in [0.3, 0.4) is 0 Å². The first kappa shape index (κ1) is 10.5. The molecule has 80 valence electrons. The molecular weight excluding hydrogens is 208 g/mol. The molecule has 0 bridgehead atoms. The largest absolute Gasteiger partial charge is 0.508 e. The van der Waals surface area contributed by atoms with E-state index < -0.39 is 0 Å². The van der Waals surface area contributed by atoms with Crippen LogP contribution in [0.2, 0.25) is 0 Å². The molecule has 0 atom stereocenters. The lowest BCUT2D eigenvalue weighted by molar-refractivity contribution is 0.0675. The zero-order valence-corrected chi connectivity index (χ0v) is 9.67. The molecule has 0 saturated heterocycles. The number of rotatable bonds is 3. The van der Waals surface area contributed by atoms with Crippen LogP contribution < -0.4 is 0 Å². The molecule has 0 amide bonds. The quantitative estimate of drug-likeness (QED) is 0.860. The van der Waals surface area contributed by atoms with E-state index in [0.29, 0.717) is 12.4 Å². The summed E-state index contributed by atoms with van der Waals surface area (Å²) in [5.74, 6) is 0.316. The molecule has 1 aromatic heterocycles. The number of benzene rings is 1. The number of hydrogen-bond donors (Lipinski definition) is 1. The monoisotopic (exact) mass is 222 g/mol. The van der Waals surface area contributed by atoms with Gasteiger partial charge in [0.1, 0.15) is 5.75 Å². The van der Waals surface area contributed by atoms with E-state index in [2.05, 4.69) is 6.07 Å². The van der Waals surface area contributed by atoms with Crippen LogP contribution >= 0.6 is 11.3 Å². The molecule has 1 aromatic carbocycles. The van der Waals surface area contributed by atoms with E-state index in [0.717, 1.165) is 5.39 Å². The maximum Gasteiger partial charge on any atom is 0.116 e. The number of hydrogen-bond acceptors (Lipinski definition) is 3.